The quantitative estimate of drug-likeness (QED) is 0.594. The zero-order valence-electron chi connectivity index (χ0n) is 16.9. The van der Waals surface area contributed by atoms with Crippen LogP contribution in [0.15, 0.2) is 65.7 Å². The zero-order valence-corrected chi connectivity index (χ0v) is 18.5. The second-order valence-corrected chi connectivity index (χ2v) is 9.35. The number of sulfonamides is 1. The summed E-state index contributed by atoms with van der Waals surface area (Å²) in [7, 11) is -2.11. The molecule has 0 atom stereocenters. The molecule has 3 aromatic rings. The van der Waals surface area contributed by atoms with Crippen LogP contribution in [0.2, 0.25) is 0 Å². The van der Waals surface area contributed by atoms with Crippen molar-refractivity contribution in [1.29, 1.82) is 0 Å². The number of H-pyrrole nitrogens is 1. The van der Waals surface area contributed by atoms with Gasteiger partial charge in [-0.3, -0.25) is 9.36 Å². The highest BCUT2D eigenvalue weighted by Gasteiger charge is 2.31. The van der Waals surface area contributed by atoms with E-state index in [1.54, 1.807) is 27.8 Å². The van der Waals surface area contributed by atoms with Crippen molar-refractivity contribution >= 4 is 28.1 Å². The number of rotatable bonds is 5. The van der Waals surface area contributed by atoms with Crippen molar-refractivity contribution in [3.05, 3.63) is 71.3 Å². The molecule has 0 aliphatic carbocycles. The van der Waals surface area contributed by atoms with E-state index in [9.17, 15) is 13.2 Å². The van der Waals surface area contributed by atoms with Crippen LogP contribution in [0.3, 0.4) is 0 Å². The van der Waals surface area contributed by atoms with Crippen molar-refractivity contribution in [2.75, 3.05) is 33.3 Å². The lowest BCUT2D eigenvalue weighted by Gasteiger charge is -2.34. The Morgan fingerprint density at radius 2 is 1.65 bits per heavy atom. The van der Waals surface area contributed by atoms with Crippen molar-refractivity contribution in [2.45, 2.75) is 4.90 Å². The third kappa shape index (κ3) is 4.14. The van der Waals surface area contributed by atoms with Crippen LogP contribution in [-0.2, 0) is 10.0 Å². The van der Waals surface area contributed by atoms with Crippen LogP contribution in [0.25, 0.3) is 5.69 Å². The molecule has 10 heteroatoms. The number of para-hydroxylation sites is 1. The van der Waals surface area contributed by atoms with Crippen LogP contribution >= 0.6 is 12.2 Å². The van der Waals surface area contributed by atoms with Gasteiger partial charge in [-0.15, -0.1) is 0 Å². The monoisotopic (exact) mass is 458 g/mol. The molecule has 31 heavy (non-hydrogen) atoms. The fourth-order valence-corrected chi connectivity index (χ4v) is 5.23. The molecule has 0 spiro atoms. The molecular formula is C21H22N4O4S2. The van der Waals surface area contributed by atoms with E-state index in [0.717, 1.165) is 5.69 Å². The molecule has 1 N–H and O–H groups in total. The summed E-state index contributed by atoms with van der Waals surface area (Å²) >= 11 is 5.36. The number of hydrogen-bond donors (Lipinski definition) is 1. The number of hydrogen-bond acceptors (Lipinski definition) is 5. The maximum Gasteiger partial charge on any atom is 0.272 e. The fourth-order valence-electron chi connectivity index (χ4n) is 3.55. The molecule has 1 aromatic heterocycles. The standard InChI is InChI=1S/C21H22N4O4S2/c1-29-17-7-9-18(10-8-17)31(27,28)24-13-11-23(12-14-24)20(26)19-15-22-21(30)25(19)16-5-3-2-4-6-16/h2-10,15H,11-14H2,1H3,(H,22,30). The van der Waals surface area contributed by atoms with Gasteiger partial charge in [0.1, 0.15) is 11.4 Å². The highest BCUT2D eigenvalue weighted by atomic mass is 32.2. The molecule has 0 bridgehead atoms. The topological polar surface area (TPSA) is 87.6 Å². The predicted molar refractivity (Wildman–Crippen MR) is 119 cm³/mol. The van der Waals surface area contributed by atoms with Gasteiger partial charge >= 0.3 is 0 Å². The minimum absolute atomic E-state index is 0.197. The summed E-state index contributed by atoms with van der Waals surface area (Å²) in [5, 5.41) is 0. The number of methoxy groups -OCH3 is 1. The van der Waals surface area contributed by atoms with Crippen LogP contribution in [-0.4, -0.2) is 66.4 Å². The lowest BCUT2D eigenvalue weighted by molar-refractivity contribution is 0.0689. The van der Waals surface area contributed by atoms with Crippen LogP contribution in [0.5, 0.6) is 5.75 Å². The number of ether oxygens (including phenoxy) is 1. The van der Waals surface area contributed by atoms with Crippen molar-refractivity contribution in [3.63, 3.8) is 0 Å². The first-order valence-corrected chi connectivity index (χ1v) is 11.6. The van der Waals surface area contributed by atoms with E-state index in [1.165, 1.54) is 23.5 Å². The summed E-state index contributed by atoms with van der Waals surface area (Å²) in [6.45, 7) is 1.02. The molecule has 1 fully saturated rings. The Kier molecular flexibility index (Phi) is 5.94. The fraction of sp³-hybridized carbons (Fsp3) is 0.238. The summed E-state index contributed by atoms with van der Waals surface area (Å²) in [6, 6.07) is 15.7. The highest BCUT2D eigenvalue weighted by Crippen LogP contribution is 2.22. The predicted octanol–water partition coefficient (Wildman–Crippen LogP) is 2.69. The molecule has 8 nitrogen and oxygen atoms in total. The van der Waals surface area contributed by atoms with E-state index in [1.807, 2.05) is 30.3 Å². The highest BCUT2D eigenvalue weighted by molar-refractivity contribution is 7.89. The van der Waals surface area contributed by atoms with Gasteiger partial charge in [0.15, 0.2) is 4.77 Å². The van der Waals surface area contributed by atoms with Crippen molar-refractivity contribution in [2.24, 2.45) is 0 Å². The maximum absolute atomic E-state index is 13.2. The number of aromatic nitrogens is 2. The molecule has 1 aliphatic rings. The largest absolute Gasteiger partial charge is 0.497 e. The second kappa shape index (κ2) is 8.66. The van der Waals surface area contributed by atoms with Crippen molar-refractivity contribution < 1.29 is 17.9 Å². The molecule has 2 heterocycles. The average Bonchev–Trinajstić information content (AvgIpc) is 3.20. The first kappa shape index (κ1) is 21.3. The van der Waals surface area contributed by atoms with Gasteiger partial charge in [0.05, 0.1) is 12.0 Å². The number of imidazole rings is 1. The number of nitrogens with one attached hydrogen (secondary N) is 1. The van der Waals surface area contributed by atoms with E-state index >= 15 is 0 Å². The normalized spacial score (nSPS) is 15.1. The van der Waals surface area contributed by atoms with Crippen LogP contribution < -0.4 is 4.74 Å². The Morgan fingerprint density at radius 1 is 1.00 bits per heavy atom. The van der Waals surface area contributed by atoms with Crippen molar-refractivity contribution in [3.8, 4) is 11.4 Å². The Bertz CT molecular complexity index is 1230. The van der Waals surface area contributed by atoms with Gasteiger partial charge in [0.25, 0.3) is 5.91 Å². The molecule has 1 saturated heterocycles. The van der Waals surface area contributed by atoms with Gasteiger partial charge in [-0.05, 0) is 48.6 Å². The smallest absolute Gasteiger partial charge is 0.272 e. The summed E-state index contributed by atoms with van der Waals surface area (Å²) in [5.41, 5.74) is 1.21. The minimum Gasteiger partial charge on any atom is -0.497 e. The number of aromatic amines is 1. The number of carbonyl (C=O) groups excluding carboxylic acids is 1. The Balaban J connectivity index is 1.49. The molecule has 4 rings (SSSR count). The number of carbonyl (C=O) groups is 1. The first-order valence-electron chi connectivity index (χ1n) is 9.71. The molecule has 1 amide bonds. The lowest BCUT2D eigenvalue weighted by Crippen LogP contribution is -2.50. The first-order chi connectivity index (χ1) is 14.9. The van der Waals surface area contributed by atoms with E-state index in [0.29, 0.717) is 29.3 Å². The summed E-state index contributed by atoms with van der Waals surface area (Å²) in [6.07, 6.45) is 1.60. The SMILES string of the molecule is COc1ccc(S(=O)(=O)N2CCN(C(=O)c3c[nH]c(=S)n3-c3ccccc3)CC2)cc1. The molecule has 2 aromatic carbocycles. The van der Waals surface area contributed by atoms with Crippen LogP contribution in [0.4, 0.5) is 0 Å². The average molecular weight is 459 g/mol. The van der Waals surface area contributed by atoms with E-state index < -0.39 is 10.0 Å². The molecule has 0 radical (unpaired) electrons. The Hall–Kier alpha value is -2.95. The molecule has 1 aliphatic heterocycles. The Labute approximate surface area is 185 Å². The van der Waals surface area contributed by atoms with Gasteiger partial charge in [0, 0.05) is 38.1 Å². The Morgan fingerprint density at radius 3 is 2.26 bits per heavy atom. The van der Waals surface area contributed by atoms with Gasteiger partial charge < -0.3 is 14.6 Å². The maximum atomic E-state index is 13.2. The van der Waals surface area contributed by atoms with Gasteiger partial charge in [-0.25, -0.2) is 8.42 Å². The second-order valence-electron chi connectivity index (χ2n) is 7.02. The lowest BCUT2D eigenvalue weighted by atomic mass is 10.3. The van der Waals surface area contributed by atoms with Gasteiger partial charge in [0.2, 0.25) is 10.0 Å². The van der Waals surface area contributed by atoms with Crippen LogP contribution in [0, 0.1) is 4.77 Å². The molecule has 0 unspecified atom stereocenters. The third-order valence-electron chi connectivity index (χ3n) is 5.23. The van der Waals surface area contributed by atoms with Gasteiger partial charge in [-0.2, -0.15) is 4.31 Å². The minimum atomic E-state index is -3.64. The van der Waals surface area contributed by atoms with Crippen molar-refractivity contribution in [1.82, 2.24) is 18.8 Å². The van der Waals surface area contributed by atoms with Gasteiger partial charge in [-0.1, -0.05) is 18.2 Å². The zero-order chi connectivity index (χ0) is 22.0. The van der Waals surface area contributed by atoms with E-state index in [4.69, 9.17) is 17.0 Å². The summed E-state index contributed by atoms with van der Waals surface area (Å²) in [4.78, 5) is 17.9. The van der Waals surface area contributed by atoms with E-state index in [2.05, 4.69) is 4.98 Å². The number of nitrogens with zero attached hydrogens (tertiary/aromatic N) is 3. The van der Waals surface area contributed by atoms with E-state index in [-0.39, 0.29) is 23.9 Å². The molecule has 162 valence electrons. The van der Waals surface area contributed by atoms with Crippen LogP contribution in [0.1, 0.15) is 10.5 Å². The summed E-state index contributed by atoms with van der Waals surface area (Å²) in [5.74, 6) is 0.395. The molecular weight excluding hydrogens is 436 g/mol. The number of benzene rings is 2. The summed E-state index contributed by atoms with van der Waals surface area (Å²) < 4.78 is 34.5. The number of piperazine rings is 1. The number of amides is 1. The third-order valence-corrected chi connectivity index (χ3v) is 7.45. The molecule has 0 saturated carbocycles.